The molecule has 11 heavy (non-hydrogen) atoms. The third-order valence-corrected chi connectivity index (χ3v) is 1.66. The fraction of sp³-hybridized carbons (Fsp3) is 0.800. The first-order valence-corrected chi connectivity index (χ1v) is 4.44. The highest BCUT2D eigenvalue weighted by Crippen LogP contribution is 2.02. The van der Waals surface area contributed by atoms with Gasteiger partial charge in [0.15, 0.2) is 0 Å². The fourth-order valence-electron chi connectivity index (χ4n) is 0.588. The molecule has 66 valence electrons. The van der Waals surface area contributed by atoms with Gasteiger partial charge < -0.3 is 4.74 Å². The van der Waals surface area contributed by atoms with Gasteiger partial charge in [0.05, 0.1) is 12.9 Å². The monoisotopic (exact) mass is 156 g/mol. The van der Waals surface area contributed by atoms with Gasteiger partial charge in [-0.15, -0.1) is 0 Å². The Morgan fingerprint density at radius 2 is 2.09 bits per heavy atom. The lowest BCUT2D eigenvalue weighted by molar-refractivity contribution is 0.226. The molecule has 0 heterocycles. The van der Waals surface area contributed by atoms with E-state index in [0.29, 0.717) is 0 Å². The van der Waals surface area contributed by atoms with E-state index in [4.69, 9.17) is 4.74 Å². The Morgan fingerprint density at radius 1 is 1.45 bits per heavy atom. The molecule has 0 atom stereocenters. The van der Waals surface area contributed by atoms with E-state index in [2.05, 4.69) is 27.7 Å². The minimum Gasteiger partial charge on any atom is -0.501 e. The van der Waals surface area contributed by atoms with Gasteiger partial charge in [-0.25, -0.2) is 0 Å². The van der Waals surface area contributed by atoms with Gasteiger partial charge in [0.25, 0.3) is 0 Å². The molecular formula is C10H20O. The largest absolute Gasteiger partial charge is 0.501 e. The van der Waals surface area contributed by atoms with Crippen molar-refractivity contribution in [3.8, 4) is 0 Å². The molecule has 1 heteroatoms. The number of hydrogen-bond donors (Lipinski definition) is 0. The van der Waals surface area contributed by atoms with Crippen molar-refractivity contribution in [2.45, 2.75) is 40.5 Å². The molecule has 0 radical (unpaired) electrons. The molecular weight excluding hydrogens is 136 g/mol. The Labute approximate surface area is 70.4 Å². The van der Waals surface area contributed by atoms with Crippen LogP contribution in [0.2, 0.25) is 0 Å². The van der Waals surface area contributed by atoms with Gasteiger partial charge in [0.2, 0.25) is 0 Å². The van der Waals surface area contributed by atoms with Crippen LogP contribution in [-0.2, 0) is 4.74 Å². The van der Waals surface area contributed by atoms with Crippen LogP contribution >= 0.6 is 0 Å². The second-order valence-electron chi connectivity index (χ2n) is 3.37. The van der Waals surface area contributed by atoms with Gasteiger partial charge in [-0.1, -0.05) is 20.8 Å². The maximum absolute atomic E-state index is 5.34. The zero-order valence-electron chi connectivity index (χ0n) is 8.18. The summed E-state index contributed by atoms with van der Waals surface area (Å²) < 4.78 is 5.34. The van der Waals surface area contributed by atoms with Crippen molar-refractivity contribution >= 4 is 0 Å². The predicted octanol–water partition coefficient (Wildman–Crippen LogP) is 3.36. The third-order valence-electron chi connectivity index (χ3n) is 1.66. The average molecular weight is 156 g/mol. The quantitative estimate of drug-likeness (QED) is 0.438. The smallest absolute Gasteiger partial charge is 0.0875 e. The van der Waals surface area contributed by atoms with Crippen LogP contribution in [-0.4, -0.2) is 6.61 Å². The van der Waals surface area contributed by atoms with Gasteiger partial charge in [-0.3, -0.25) is 0 Å². The summed E-state index contributed by atoms with van der Waals surface area (Å²) in [7, 11) is 0. The molecule has 0 unspecified atom stereocenters. The molecule has 0 saturated heterocycles. The first kappa shape index (κ1) is 10.5. The number of allylic oxidation sites excluding steroid dienone is 1. The molecule has 0 aliphatic heterocycles. The third kappa shape index (κ3) is 7.44. The number of rotatable bonds is 5. The van der Waals surface area contributed by atoms with E-state index in [1.807, 2.05) is 6.26 Å². The molecule has 0 saturated carbocycles. The molecule has 0 amide bonds. The van der Waals surface area contributed by atoms with Gasteiger partial charge in [-0.2, -0.15) is 0 Å². The first-order valence-electron chi connectivity index (χ1n) is 4.44. The van der Waals surface area contributed by atoms with E-state index in [9.17, 15) is 0 Å². The topological polar surface area (TPSA) is 9.23 Å². The molecule has 1 nitrogen and oxygen atoms in total. The molecule has 0 aromatic heterocycles. The van der Waals surface area contributed by atoms with Gasteiger partial charge >= 0.3 is 0 Å². The van der Waals surface area contributed by atoms with E-state index in [1.165, 1.54) is 5.57 Å². The van der Waals surface area contributed by atoms with Crippen LogP contribution in [0.3, 0.4) is 0 Å². The summed E-state index contributed by atoms with van der Waals surface area (Å²) in [6, 6.07) is 0. The van der Waals surface area contributed by atoms with Gasteiger partial charge in [-0.05, 0) is 31.3 Å². The Balaban J connectivity index is 3.26. The van der Waals surface area contributed by atoms with Crippen molar-refractivity contribution in [2.24, 2.45) is 5.92 Å². The summed E-state index contributed by atoms with van der Waals surface area (Å²) in [6.45, 7) is 9.50. The standard InChI is InChI=1S/C10H20O/c1-5-10(4)8-11-7-6-9(2)3/h8-9H,5-7H2,1-4H3/b10-8+. The molecule has 0 fully saturated rings. The van der Waals surface area contributed by atoms with Crippen molar-refractivity contribution in [3.63, 3.8) is 0 Å². The van der Waals surface area contributed by atoms with Crippen LogP contribution in [0.4, 0.5) is 0 Å². The molecule has 0 aromatic rings. The summed E-state index contributed by atoms with van der Waals surface area (Å²) in [6.07, 6.45) is 4.11. The highest BCUT2D eigenvalue weighted by molar-refractivity contribution is 4.90. The van der Waals surface area contributed by atoms with Crippen LogP contribution in [0, 0.1) is 5.92 Å². The number of ether oxygens (including phenoxy) is 1. The maximum Gasteiger partial charge on any atom is 0.0875 e. The van der Waals surface area contributed by atoms with Crippen molar-refractivity contribution < 1.29 is 4.74 Å². The van der Waals surface area contributed by atoms with Crippen molar-refractivity contribution in [3.05, 3.63) is 11.8 Å². The van der Waals surface area contributed by atoms with E-state index >= 15 is 0 Å². The summed E-state index contributed by atoms with van der Waals surface area (Å²) in [5.41, 5.74) is 1.31. The predicted molar refractivity (Wildman–Crippen MR) is 49.5 cm³/mol. The fourth-order valence-corrected chi connectivity index (χ4v) is 0.588. The lowest BCUT2D eigenvalue weighted by Crippen LogP contribution is -1.94. The molecule has 0 aliphatic rings. The Morgan fingerprint density at radius 3 is 2.55 bits per heavy atom. The second kappa shape index (κ2) is 6.26. The normalized spacial score (nSPS) is 12.3. The molecule has 0 spiro atoms. The second-order valence-corrected chi connectivity index (χ2v) is 3.37. The van der Waals surface area contributed by atoms with Crippen molar-refractivity contribution in [2.75, 3.05) is 6.61 Å². The molecule has 0 N–H and O–H groups in total. The SMILES string of the molecule is CC/C(C)=C/OCCC(C)C. The highest BCUT2D eigenvalue weighted by Gasteiger charge is 1.91. The first-order chi connectivity index (χ1) is 5.16. The Bertz CT molecular complexity index is 114. The number of hydrogen-bond acceptors (Lipinski definition) is 1. The van der Waals surface area contributed by atoms with Gasteiger partial charge in [0, 0.05) is 0 Å². The lowest BCUT2D eigenvalue weighted by Gasteiger charge is -2.04. The van der Waals surface area contributed by atoms with Crippen LogP contribution in [0.25, 0.3) is 0 Å². The summed E-state index contributed by atoms with van der Waals surface area (Å²) in [4.78, 5) is 0. The van der Waals surface area contributed by atoms with Crippen molar-refractivity contribution in [1.29, 1.82) is 0 Å². The maximum atomic E-state index is 5.34. The van der Waals surface area contributed by atoms with Crippen LogP contribution in [0.1, 0.15) is 40.5 Å². The Kier molecular flexibility index (Phi) is 6.00. The van der Waals surface area contributed by atoms with E-state index in [-0.39, 0.29) is 0 Å². The highest BCUT2D eigenvalue weighted by atomic mass is 16.5. The minimum absolute atomic E-state index is 0.741. The summed E-state index contributed by atoms with van der Waals surface area (Å²) >= 11 is 0. The minimum atomic E-state index is 0.741. The molecule has 0 bridgehead atoms. The molecule has 0 aromatic carbocycles. The molecule has 0 aliphatic carbocycles. The molecule has 0 rings (SSSR count). The van der Waals surface area contributed by atoms with Crippen molar-refractivity contribution in [1.82, 2.24) is 0 Å². The summed E-state index contributed by atoms with van der Waals surface area (Å²) in [5, 5.41) is 0. The zero-order chi connectivity index (χ0) is 8.69. The van der Waals surface area contributed by atoms with Crippen LogP contribution < -0.4 is 0 Å². The van der Waals surface area contributed by atoms with Crippen LogP contribution in [0.5, 0.6) is 0 Å². The Hall–Kier alpha value is -0.460. The lowest BCUT2D eigenvalue weighted by atomic mass is 10.1. The van der Waals surface area contributed by atoms with Crippen LogP contribution in [0.15, 0.2) is 11.8 Å². The summed E-state index contributed by atoms with van der Waals surface area (Å²) in [5.74, 6) is 0.741. The van der Waals surface area contributed by atoms with E-state index < -0.39 is 0 Å². The van der Waals surface area contributed by atoms with E-state index in [0.717, 1.165) is 25.4 Å². The van der Waals surface area contributed by atoms with E-state index in [1.54, 1.807) is 0 Å². The average Bonchev–Trinajstić information content (AvgIpc) is 1.97. The van der Waals surface area contributed by atoms with Gasteiger partial charge in [0.1, 0.15) is 0 Å². The zero-order valence-corrected chi connectivity index (χ0v) is 8.18.